The van der Waals surface area contributed by atoms with Crippen LogP contribution in [0.5, 0.6) is 0 Å². The van der Waals surface area contributed by atoms with Crippen LogP contribution in [0, 0.1) is 0 Å². The van der Waals surface area contributed by atoms with Crippen molar-refractivity contribution in [1.29, 1.82) is 0 Å². The zero-order valence-corrected chi connectivity index (χ0v) is 12.0. The third-order valence-corrected chi connectivity index (χ3v) is 3.39. The highest BCUT2D eigenvalue weighted by molar-refractivity contribution is 7.99. The third kappa shape index (κ3) is 5.20. The van der Waals surface area contributed by atoms with Gasteiger partial charge in [0, 0.05) is 31.6 Å². The fourth-order valence-corrected chi connectivity index (χ4v) is 2.34. The molecule has 0 aromatic carbocycles. The van der Waals surface area contributed by atoms with E-state index in [2.05, 4.69) is 22.2 Å². The lowest BCUT2D eigenvalue weighted by Gasteiger charge is -2.11. The largest absolute Gasteiger partial charge is 0.396 e. The maximum atomic E-state index is 8.91. The number of hydrogen-bond donors (Lipinski definition) is 2. The Hall–Kier alpha value is -0.850. The number of aliphatic hydroxyl groups excluding tert-OH is 1. The van der Waals surface area contributed by atoms with Crippen LogP contribution in [0.25, 0.3) is 0 Å². The number of nitrogens with one attached hydrogen (secondary N) is 1. The molecule has 1 unspecified atom stereocenters. The minimum Gasteiger partial charge on any atom is -0.396 e. The molecule has 1 rings (SSSR count). The molecule has 0 aliphatic heterocycles. The highest BCUT2D eigenvalue weighted by Crippen LogP contribution is 2.25. The average Bonchev–Trinajstić information content (AvgIpc) is 2.36. The molecule has 2 N–H and O–H groups in total. The maximum absolute atomic E-state index is 8.91. The van der Waals surface area contributed by atoms with Gasteiger partial charge in [-0.2, -0.15) is 0 Å². The summed E-state index contributed by atoms with van der Waals surface area (Å²) in [5, 5.41) is 13.2. The van der Waals surface area contributed by atoms with Gasteiger partial charge in [-0.15, -0.1) is 11.8 Å². The van der Waals surface area contributed by atoms with E-state index in [9.17, 15) is 0 Å². The number of anilines is 1. The van der Waals surface area contributed by atoms with Crippen molar-refractivity contribution in [1.82, 2.24) is 9.97 Å². The lowest BCUT2D eigenvalue weighted by molar-refractivity contribution is 0.128. The van der Waals surface area contributed by atoms with Gasteiger partial charge in [0.2, 0.25) is 0 Å². The van der Waals surface area contributed by atoms with Gasteiger partial charge in [-0.25, -0.2) is 9.97 Å². The minimum atomic E-state index is 0.198. The predicted molar refractivity (Wildman–Crippen MR) is 73.9 cm³/mol. The van der Waals surface area contributed by atoms with Crippen LogP contribution in [0.2, 0.25) is 0 Å². The predicted octanol–water partition coefficient (Wildman–Crippen LogP) is 1.92. The normalized spacial score (nSPS) is 12.4. The lowest BCUT2D eigenvalue weighted by Crippen LogP contribution is -2.05. The molecule has 0 bridgehead atoms. The second kappa shape index (κ2) is 8.29. The second-order valence-electron chi connectivity index (χ2n) is 3.84. The molecule has 1 aromatic rings. The van der Waals surface area contributed by atoms with Crippen LogP contribution in [0.15, 0.2) is 11.1 Å². The fraction of sp³-hybridized carbons (Fsp3) is 0.667. The van der Waals surface area contributed by atoms with Gasteiger partial charge in [0.05, 0.1) is 0 Å². The molecule has 0 saturated carbocycles. The first-order valence-electron chi connectivity index (χ1n) is 6.10. The molecule has 0 aliphatic rings. The quantitative estimate of drug-likeness (QED) is 0.556. The van der Waals surface area contributed by atoms with Crippen molar-refractivity contribution in [2.75, 3.05) is 25.6 Å². The van der Waals surface area contributed by atoms with Crippen LogP contribution >= 0.6 is 11.8 Å². The first kappa shape index (κ1) is 15.2. The fourth-order valence-electron chi connectivity index (χ4n) is 1.37. The van der Waals surface area contributed by atoms with Gasteiger partial charge >= 0.3 is 0 Å². The molecule has 0 amide bonds. The Bertz CT molecular complexity index is 363. The lowest BCUT2D eigenvalue weighted by atomic mass is 10.3. The minimum absolute atomic E-state index is 0.198. The zero-order valence-electron chi connectivity index (χ0n) is 11.1. The Morgan fingerprint density at radius 1 is 1.50 bits per heavy atom. The number of rotatable bonds is 8. The third-order valence-electron chi connectivity index (χ3n) is 2.30. The van der Waals surface area contributed by atoms with Crippen LogP contribution in [-0.4, -0.2) is 40.6 Å². The van der Waals surface area contributed by atoms with Crippen molar-refractivity contribution in [2.45, 2.75) is 37.2 Å². The number of aromatic nitrogens is 2. The average molecular weight is 271 g/mol. The molecule has 0 spiro atoms. The van der Waals surface area contributed by atoms with E-state index in [4.69, 9.17) is 9.84 Å². The molecule has 1 heterocycles. The molecule has 5 nitrogen and oxygen atoms in total. The van der Waals surface area contributed by atoms with Crippen molar-refractivity contribution in [3.63, 3.8) is 0 Å². The first-order chi connectivity index (χ1) is 8.69. The molecule has 1 aromatic heterocycles. The second-order valence-corrected chi connectivity index (χ2v) is 5.29. The van der Waals surface area contributed by atoms with Crippen molar-refractivity contribution in [2.24, 2.45) is 0 Å². The Kier molecular flexibility index (Phi) is 7.00. The van der Waals surface area contributed by atoms with Gasteiger partial charge in [0.25, 0.3) is 0 Å². The Labute approximate surface area is 112 Å². The number of nitrogens with zero attached hydrogens (tertiary/aromatic N) is 2. The number of hydrogen-bond acceptors (Lipinski definition) is 6. The molecule has 0 aliphatic carbocycles. The van der Waals surface area contributed by atoms with Gasteiger partial charge < -0.3 is 15.2 Å². The highest BCUT2D eigenvalue weighted by Gasteiger charge is 2.09. The van der Waals surface area contributed by atoms with E-state index in [1.807, 2.05) is 20.0 Å². The van der Waals surface area contributed by atoms with Crippen LogP contribution in [0.4, 0.5) is 5.82 Å². The van der Waals surface area contributed by atoms with Gasteiger partial charge in [0.1, 0.15) is 17.5 Å². The standard InChI is InChI=1S/C12H21N3O2S/c1-4-17-8-11-14-10(13-3)7-12(15-11)18-9(2)5-6-16/h7,9,16H,4-6,8H2,1-3H3,(H,13,14,15). The Morgan fingerprint density at radius 2 is 2.28 bits per heavy atom. The van der Waals surface area contributed by atoms with E-state index < -0.39 is 0 Å². The van der Waals surface area contributed by atoms with E-state index in [0.29, 0.717) is 24.3 Å². The molecule has 0 radical (unpaired) electrons. The van der Waals surface area contributed by atoms with E-state index in [-0.39, 0.29) is 6.61 Å². The highest BCUT2D eigenvalue weighted by atomic mass is 32.2. The zero-order chi connectivity index (χ0) is 13.4. The van der Waals surface area contributed by atoms with Crippen molar-refractivity contribution in [3.05, 3.63) is 11.9 Å². The van der Waals surface area contributed by atoms with Crippen molar-refractivity contribution < 1.29 is 9.84 Å². The number of aliphatic hydroxyl groups is 1. The smallest absolute Gasteiger partial charge is 0.157 e. The summed E-state index contributed by atoms with van der Waals surface area (Å²) in [5.74, 6) is 1.47. The summed E-state index contributed by atoms with van der Waals surface area (Å²) in [4.78, 5) is 8.78. The summed E-state index contributed by atoms with van der Waals surface area (Å²) in [7, 11) is 1.83. The van der Waals surface area contributed by atoms with Crippen LogP contribution < -0.4 is 5.32 Å². The maximum Gasteiger partial charge on any atom is 0.157 e. The Morgan fingerprint density at radius 3 is 2.89 bits per heavy atom. The Balaban J connectivity index is 2.76. The summed E-state index contributed by atoms with van der Waals surface area (Å²) in [6, 6.07) is 1.91. The first-order valence-corrected chi connectivity index (χ1v) is 6.98. The molecule has 102 valence electrons. The molecular weight excluding hydrogens is 250 g/mol. The SMILES string of the molecule is CCOCc1nc(NC)cc(SC(C)CCO)n1. The summed E-state index contributed by atoms with van der Waals surface area (Å²) in [5.41, 5.74) is 0. The molecule has 6 heteroatoms. The van der Waals surface area contributed by atoms with Gasteiger partial charge in [-0.05, 0) is 13.3 Å². The van der Waals surface area contributed by atoms with Crippen molar-refractivity contribution >= 4 is 17.6 Å². The van der Waals surface area contributed by atoms with Gasteiger partial charge in [-0.1, -0.05) is 6.92 Å². The van der Waals surface area contributed by atoms with E-state index in [1.165, 1.54) is 0 Å². The monoisotopic (exact) mass is 271 g/mol. The number of thioether (sulfide) groups is 1. The number of ether oxygens (including phenoxy) is 1. The summed E-state index contributed by atoms with van der Waals surface area (Å²) in [6.45, 7) is 5.29. The molecule has 18 heavy (non-hydrogen) atoms. The molecule has 0 fully saturated rings. The van der Waals surface area contributed by atoms with Crippen LogP contribution in [0.3, 0.4) is 0 Å². The topological polar surface area (TPSA) is 67.3 Å². The van der Waals surface area contributed by atoms with Crippen molar-refractivity contribution in [3.8, 4) is 0 Å². The molecule has 1 atom stereocenters. The summed E-state index contributed by atoms with van der Waals surface area (Å²) in [6.07, 6.45) is 0.754. The van der Waals surface area contributed by atoms with Crippen LogP contribution in [-0.2, 0) is 11.3 Å². The van der Waals surface area contributed by atoms with Gasteiger partial charge in [-0.3, -0.25) is 0 Å². The summed E-state index contributed by atoms with van der Waals surface area (Å²) < 4.78 is 5.32. The molecule has 0 saturated heterocycles. The van der Waals surface area contributed by atoms with E-state index in [1.54, 1.807) is 11.8 Å². The van der Waals surface area contributed by atoms with Crippen LogP contribution in [0.1, 0.15) is 26.1 Å². The van der Waals surface area contributed by atoms with E-state index >= 15 is 0 Å². The van der Waals surface area contributed by atoms with Gasteiger partial charge in [0.15, 0.2) is 5.82 Å². The van der Waals surface area contributed by atoms with E-state index in [0.717, 1.165) is 17.3 Å². The summed E-state index contributed by atoms with van der Waals surface area (Å²) >= 11 is 1.64. The molecular formula is C12H21N3O2S.